The summed E-state index contributed by atoms with van der Waals surface area (Å²) in [6.07, 6.45) is 0.292. The molecule has 1 aromatic carbocycles. The van der Waals surface area contributed by atoms with Crippen LogP contribution in [0.15, 0.2) is 23.1 Å². The Morgan fingerprint density at radius 3 is 2.48 bits per heavy atom. The number of ether oxygens (including phenoxy) is 1. The summed E-state index contributed by atoms with van der Waals surface area (Å²) in [5.74, 6) is -1.19. The van der Waals surface area contributed by atoms with Gasteiger partial charge in [-0.1, -0.05) is 19.9 Å². The average Bonchev–Trinajstić information content (AvgIpc) is 2.39. The summed E-state index contributed by atoms with van der Waals surface area (Å²) in [7, 11) is -2.80. The van der Waals surface area contributed by atoms with E-state index in [0.29, 0.717) is 12.0 Å². The number of carbonyl (C=O) groups excluding carboxylic acids is 1. The molecule has 0 aromatic heterocycles. The first-order valence-corrected chi connectivity index (χ1v) is 8.02. The molecule has 21 heavy (non-hydrogen) atoms. The van der Waals surface area contributed by atoms with Crippen molar-refractivity contribution in [3.8, 4) is 0 Å². The van der Waals surface area contributed by atoms with Crippen LogP contribution in [-0.4, -0.2) is 27.5 Å². The maximum Gasteiger partial charge on any atom is 0.323 e. The molecule has 0 bridgehead atoms. The van der Waals surface area contributed by atoms with Gasteiger partial charge in [0.2, 0.25) is 10.0 Å². The minimum absolute atomic E-state index is 0.0894. The SMILES string of the molecule is COC(=O)C(CC(C)C)NS(=O)(=O)c1ccc(C)c(F)c1. The fourth-order valence-electron chi connectivity index (χ4n) is 1.80. The Labute approximate surface area is 124 Å². The van der Waals surface area contributed by atoms with E-state index in [-0.39, 0.29) is 10.8 Å². The molecule has 1 rings (SSSR count). The number of nitrogens with one attached hydrogen (secondary N) is 1. The normalized spacial score (nSPS) is 13.2. The van der Waals surface area contributed by atoms with Gasteiger partial charge in [-0.25, -0.2) is 12.8 Å². The van der Waals surface area contributed by atoms with Crippen LogP contribution in [0.2, 0.25) is 0 Å². The monoisotopic (exact) mass is 317 g/mol. The topological polar surface area (TPSA) is 72.5 Å². The van der Waals surface area contributed by atoms with Gasteiger partial charge in [-0.3, -0.25) is 4.79 Å². The highest BCUT2D eigenvalue weighted by Crippen LogP contribution is 2.16. The molecule has 0 saturated carbocycles. The second kappa shape index (κ2) is 7.00. The predicted molar refractivity (Wildman–Crippen MR) is 76.7 cm³/mol. The smallest absolute Gasteiger partial charge is 0.323 e. The molecule has 0 aliphatic carbocycles. The van der Waals surface area contributed by atoms with Gasteiger partial charge in [-0.2, -0.15) is 4.72 Å². The maximum absolute atomic E-state index is 13.5. The number of rotatable bonds is 6. The van der Waals surface area contributed by atoms with Crippen molar-refractivity contribution in [1.29, 1.82) is 0 Å². The van der Waals surface area contributed by atoms with Gasteiger partial charge >= 0.3 is 5.97 Å². The van der Waals surface area contributed by atoms with Crippen LogP contribution in [-0.2, 0) is 19.6 Å². The van der Waals surface area contributed by atoms with E-state index in [1.165, 1.54) is 26.2 Å². The molecule has 1 aromatic rings. The molecule has 7 heteroatoms. The molecule has 1 atom stereocenters. The van der Waals surface area contributed by atoms with E-state index in [9.17, 15) is 17.6 Å². The Balaban J connectivity index is 3.05. The van der Waals surface area contributed by atoms with Crippen LogP contribution in [0.25, 0.3) is 0 Å². The molecule has 5 nitrogen and oxygen atoms in total. The second-order valence-corrected chi connectivity index (χ2v) is 6.95. The van der Waals surface area contributed by atoms with Crippen molar-refractivity contribution in [1.82, 2.24) is 4.72 Å². The van der Waals surface area contributed by atoms with Gasteiger partial charge in [0.25, 0.3) is 0 Å². The van der Waals surface area contributed by atoms with Gasteiger partial charge in [-0.15, -0.1) is 0 Å². The largest absolute Gasteiger partial charge is 0.468 e. The number of methoxy groups -OCH3 is 1. The Morgan fingerprint density at radius 2 is 2.00 bits per heavy atom. The van der Waals surface area contributed by atoms with Gasteiger partial charge in [0.15, 0.2) is 0 Å². The number of benzene rings is 1. The zero-order valence-corrected chi connectivity index (χ0v) is 13.3. The first-order chi connectivity index (χ1) is 9.67. The fourth-order valence-corrected chi connectivity index (χ4v) is 3.01. The van der Waals surface area contributed by atoms with Crippen molar-refractivity contribution in [2.45, 2.75) is 38.1 Å². The first-order valence-electron chi connectivity index (χ1n) is 6.53. The van der Waals surface area contributed by atoms with Crippen molar-refractivity contribution in [3.63, 3.8) is 0 Å². The zero-order chi connectivity index (χ0) is 16.2. The lowest BCUT2D eigenvalue weighted by Gasteiger charge is -2.18. The van der Waals surface area contributed by atoms with Crippen LogP contribution in [0.1, 0.15) is 25.8 Å². The fraction of sp³-hybridized carbons (Fsp3) is 0.500. The maximum atomic E-state index is 13.5. The number of sulfonamides is 1. The second-order valence-electron chi connectivity index (χ2n) is 5.24. The summed E-state index contributed by atoms with van der Waals surface area (Å²) in [6.45, 7) is 5.25. The van der Waals surface area contributed by atoms with E-state index >= 15 is 0 Å². The van der Waals surface area contributed by atoms with Crippen molar-refractivity contribution in [3.05, 3.63) is 29.6 Å². The van der Waals surface area contributed by atoms with Gasteiger partial charge in [0, 0.05) is 0 Å². The highest BCUT2D eigenvalue weighted by Gasteiger charge is 2.27. The molecule has 118 valence electrons. The van der Waals surface area contributed by atoms with E-state index in [0.717, 1.165) is 6.07 Å². The van der Waals surface area contributed by atoms with E-state index < -0.39 is 27.9 Å². The van der Waals surface area contributed by atoms with Crippen LogP contribution in [0.5, 0.6) is 0 Å². The van der Waals surface area contributed by atoms with Gasteiger partial charge in [0.05, 0.1) is 12.0 Å². The number of halogens is 1. The summed E-state index contributed by atoms with van der Waals surface area (Å²) in [4.78, 5) is 11.4. The van der Waals surface area contributed by atoms with E-state index in [1.54, 1.807) is 0 Å². The summed E-state index contributed by atoms with van der Waals surface area (Å²) in [6, 6.07) is 2.61. The van der Waals surface area contributed by atoms with Crippen LogP contribution in [0.3, 0.4) is 0 Å². The number of hydrogen-bond acceptors (Lipinski definition) is 4. The lowest BCUT2D eigenvalue weighted by Crippen LogP contribution is -2.42. The quantitative estimate of drug-likeness (QED) is 0.815. The zero-order valence-electron chi connectivity index (χ0n) is 12.5. The molecule has 0 aliphatic heterocycles. The third-order valence-electron chi connectivity index (χ3n) is 2.94. The highest BCUT2D eigenvalue weighted by atomic mass is 32.2. The first kappa shape index (κ1) is 17.6. The average molecular weight is 317 g/mol. The number of aryl methyl sites for hydroxylation is 1. The standard InChI is InChI=1S/C14H20FNO4S/c1-9(2)7-13(14(17)20-4)16-21(18,19)11-6-5-10(3)12(15)8-11/h5-6,8-9,13,16H,7H2,1-4H3. The molecular weight excluding hydrogens is 297 g/mol. The molecule has 0 amide bonds. The number of carbonyl (C=O) groups is 1. The Morgan fingerprint density at radius 1 is 1.38 bits per heavy atom. The number of esters is 1. The molecule has 0 heterocycles. The Bertz CT molecular complexity index is 613. The summed E-state index contributed by atoms with van der Waals surface area (Å²) in [5.41, 5.74) is 0.348. The molecule has 1 N–H and O–H groups in total. The number of hydrogen-bond donors (Lipinski definition) is 1. The molecular formula is C14H20FNO4S. The third kappa shape index (κ3) is 4.78. The van der Waals surface area contributed by atoms with Crippen molar-refractivity contribution in [2.75, 3.05) is 7.11 Å². The van der Waals surface area contributed by atoms with Crippen molar-refractivity contribution >= 4 is 16.0 Å². The summed E-state index contributed by atoms with van der Waals surface area (Å²) < 4.78 is 44.8. The van der Waals surface area contributed by atoms with Crippen molar-refractivity contribution in [2.24, 2.45) is 5.92 Å². The molecule has 0 radical (unpaired) electrons. The molecule has 0 fully saturated rings. The van der Waals surface area contributed by atoms with Gasteiger partial charge < -0.3 is 4.74 Å². The molecule has 0 aliphatic rings. The summed E-state index contributed by atoms with van der Waals surface area (Å²) >= 11 is 0. The van der Waals surface area contributed by atoms with Gasteiger partial charge in [0.1, 0.15) is 11.9 Å². The van der Waals surface area contributed by atoms with Crippen LogP contribution >= 0.6 is 0 Å². The van der Waals surface area contributed by atoms with Crippen LogP contribution in [0, 0.1) is 18.7 Å². The molecule has 0 saturated heterocycles. The van der Waals surface area contributed by atoms with E-state index in [2.05, 4.69) is 9.46 Å². The van der Waals surface area contributed by atoms with Gasteiger partial charge in [-0.05, 0) is 37.0 Å². The summed E-state index contributed by atoms with van der Waals surface area (Å²) in [5, 5.41) is 0. The Hall–Kier alpha value is -1.47. The predicted octanol–water partition coefficient (Wildman–Crippen LogP) is 2.00. The van der Waals surface area contributed by atoms with Crippen molar-refractivity contribution < 1.29 is 22.3 Å². The molecule has 1 unspecified atom stereocenters. The van der Waals surface area contributed by atoms with Crippen LogP contribution in [0.4, 0.5) is 4.39 Å². The minimum atomic E-state index is -3.99. The lowest BCUT2D eigenvalue weighted by molar-refractivity contribution is -0.143. The molecule has 0 spiro atoms. The van der Waals surface area contributed by atoms with Crippen LogP contribution < -0.4 is 4.72 Å². The lowest BCUT2D eigenvalue weighted by atomic mass is 10.1. The van der Waals surface area contributed by atoms with E-state index in [4.69, 9.17) is 0 Å². The Kier molecular flexibility index (Phi) is 5.86. The third-order valence-corrected chi connectivity index (χ3v) is 4.41. The highest BCUT2D eigenvalue weighted by molar-refractivity contribution is 7.89. The minimum Gasteiger partial charge on any atom is -0.468 e. The van der Waals surface area contributed by atoms with E-state index in [1.807, 2.05) is 13.8 Å².